The van der Waals surface area contributed by atoms with Gasteiger partial charge >= 0.3 is 5.97 Å². The van der Waals surface area contributed by atoms with Crippen molar-refractivity contribution in [2.45, 2.75) is 25.2 Å². The predicted octanol–water partition coefficient (Wildman–Crippen LogP) is 4.34. The number of rotatable bonds is 9. The Balaban J connectivity index is 1.64. The highest BCUT2D eigenvalue weighted by Gasteiger charge is 2.14. The fourth-order valence-corrected chi connectivity index (χ4v) is 3.03. The topological polar surface area (TPSA) is 129 Å². The minimum Gasteiger partial charge on any atom is -0.489 e. The first-order chi connectivity index (χ1) is 14.4. The molecule has 154 valence electrons. The molecule has 0 spiro atoms. The van der Waals surface area contributed by atoms with Gasteiger partial charge in [0.1, 0.15) is 17.3 Å². The summed E-state index contributed by atoms with van der Waals surface area (Å²) in [5.41, 5.74) is 1.48. The number of carbonyl (C=O) groups is 1. The van der Waals surface area contributed by atoms with E-state index in [0.717, 1.165) is 17.3 Å². The first-order valence-electron chi connectivity index (χ1n) is 8.86. The van der Waals surface area contributed by atoms with Gasteiger partial charge in [-0.1, -0.05) is 19.1 Å². The lowest BCUT2D eigenvalue weighted by Gasteiger charge is -2.07. The van der Waals surface area contributed by atoms with Gasteiger partial charge in [-0.15, -0.1) is 10.2 Å². The van der Waals surface area contributed by atoms with Gasteiger partial charge in [-0.2, -0.15) is 0 Å². The number of carboxylic acids is 1. The van der Waals surface area contributed by atoms with Crippen molar-refractivity contribution < 1.29 is 24.0 Å². The SMILES string of the molecule is CCc1nnc(S/C(=C\c2ccc(OCc3ccc([N+](=O)[O-])cc3)cc2)C(=O)O)o1. The lowest BCUT2D eigenvalue weighted by Crippen LogP contribution is -1.97. The normalized spacial score (nSPS) is 11.3. The number of thioether (sulfide) groups is 1. The number of hydrogen-bond donors (Lipinski definition) is 1. The van der Waals surface area contributed by atoms with E-state index in [1.165, 1.54) is 18.2 Å². The Morgan fingerprint density at radius 2 is 1.90 bits per heavy atom. The first-order valence-corrected chi connectivity index (χ1v) is 9.67. The van der Waals surface area contributed by atoms with Gasteiger partial charge in [0.2, 0.25) is 5.89 Å². The summed E-state index contributed by atoms with van der Waals surface area (Å²) >= 11 is 0.885. The molecule has 0 radical (unpaired) electrons. The van der Waals surface area contributed by atoms with Crippen LogP contribution in [-0.2, 0) is 17.8 Å². The molecule has 1 aromatic heterocycles. The standard InChI is InChI=1S/C20H17N3O6S/c1-2-18-21-22-20(29-18)30-17(19(24)25)11-13-5-9-16(10-6-13)28-12-14-3-7-15(8-4-14)23(26)27/h3-11H,2,12H2,1H3,(H,24,25)/b17-11-. The number of ether oxygens (including phenoxy) is 1. The quantitative estimate of drug-likeness (QED) is 0.229. The molecular formula is C20H17N3O6S. The summed E-state index contributed by atoms with van der Waals surface area (Å²) in [5, 5.41) is 27.9. The fourth-order valence-electron chi connectivity index (χ4n) is 2.34. The van der Waals surface area contributed by atoms with Gasteiger partial charge in [0.15, 0.2) is 0 Å². The van der Waals surface area contributed by atoms with E-state index in [0.29, 0.717) is 23.6 Å². The highest BCUT2D eigenvalue weighted by atomic mass is 32.2. The molecular weight excluding hydrogens is 410 g/mol. The third kappa shape index (κ3) is 5.67. The van der Waals surface area contributed by atoms with Crippen molar-refractivity contribution >= 4 is 29.5 Å². The van der Waals surface area contributed by atoms with Crippen LogP contribution in [0.1, 0.15) is 23.9 Å². The van der Waals surface area contributed by atoms with Crippen LogP contribution in [0.5, 0.6) is 5.75 Å². The minimum atomic E-state index is -1.10. The smallest absolute Gasteiger partial charge is 0.342 e. The molecule has 3 aromatic rings. The molecule has 1 heterocycles. The lowest BCUT2D eigenvalue weighted by atomic mass is 10.2. The van der Waals surface area contributed by atoms with E-state index in [1.54, 1.807) is 36.4 Å². The van der Waals surface area contributed by atoms with Gasteiger partial charge in [-0.25, -0.2) is 4.79 Å². The Hall–Kier alpha value is -3.66. The molecule has 30 heavy (non-hydrogen) atoms. The largest absolute Gasteiger partial charge is 0.489 e. The van der Waals surface area contributed by atoms with Crippen molar-refractivity contribution in [2.24, 2.45) is 0 Å². The van der Waals surface area contributed by atoms with Crippen LogP contribution in [0.4, 0.5) is 5.69 Å². The van der Waals surface area contributed by atoms with Crippen LogP contribution in [-0.4, -0.2) is 26.2 Å². The van der Waals surface area contributed by atoms with Crippen molar-refractivity contribution in [1.82, 2.24) is 10.2 Å². The maximum absolute atomic E-state index is 11.5. The van der Waals surface area contributed by atoms with Crippen LogP contribution in [0.3, 0.4) is 0 Å². The summed E-state index contributed by atoms with van der Waals surface area (Å²) in [6.07, 6.45) is 2.07. The summed E-state index contributed by atoms with van der Waals surface area (Å²) in [4.78, 5) is 21.8. The van der Waals surface area contributed by atoms with E-state index in [-0.39, 0.29) is 22.4 Å². The van der Waals surface area contributed by atoms with Gasteiger partial charge in [0.05, 0.1) is 4.92 Å². The van der Waals surface area contributed by atoms with Crippen LogP contribution in [0.2, 0.25) is 0 Å². The molecule has 0 saturated heterocycles. The number of benzene rings is 2. The predicted molar refractivity (Wildman–Crippen MR) is 109 cm³/mol. The highest BCUT2D eigenvalue weighted by molar-refractivity contribution is 8.03. The zero-order valence-corrected chi connectivity index (χ0v) is 16.7. The number of aryl methyl sites for hydroxylation is 1. The molecule has 0 unspecified atom stereocenters. The molecule has 0 aliphatic rings. The summed E-state index contributed by atoms with van der Waals surface area (Å²) in [5.74, 6) is -0.0778. The average Bonchev–Trinajstić information content (AvgIpc) is 3.20. The van der Waals surface area contributed by atoms with Crippen LogP contribution in [0, 0.1) is 10.1 Å². The molecule has 0 saturated carbocycles. The van der Waals surface area contributed by atoms with Crippen molar-refractivity contribution in [1.29, 1.82) is 0 Å². The Morgan fingerprint density at radius 3 is 2.47 bits per heavy atom. The number of aliphatic carboxylic acids is 1. The van der Waals surface area contributed by atoms with Gasteiger partial charge in [0, 0.05) is 18.6 Å². The number of carboxylic acid groups (broad SMARTS) is 1. The maximum atomic E-state index is 11.5. The Morgan fingerprint density at radius 1 is 1.20 bits per heavy atom. The minimum absolute atomic E-state index is 0.0217. The zero-order chi connectivity index (χ0) is 21.5. The molecule has 2 aromatic carbocycles. The summed E-state index contributed by atoms with van der Waals surface area (Å²) in [6.45, 7) is 2.11. The van der Waals surface area contributed by atoms with Gasteiger partial charge in [-0.05, 0) is 53.2 Å². The van der Waals surface area contributed by atoms with E-state index in [9.17, 15) is 20.0 Å². The summed E-state index contributed by atoms with van der Waals surface area (Å²) in [6, 6.07) is 13.0. The van der Waals surface area contributed by atoms with Crippen LogP contribution < -0.4 is 4.74 Å². The molecule has 9 nitrogen and oxygen atoms in total. The number of nitrogens with zero attached hydrogens (tertiary/aromatic N) is 3. The molecule has 1 N–H and O–H groups in total. The van der Waals surface area contributed by atoms with Crippen molar-refractivity contribution in [3.05, 3.63) is 80.6 Å². The maximum Gasteiger partial charge on any atom is 0.342 e. The van der Waals surface area contributed by atoms with Gasteiger partial charge in [0.25, 0.3) is 10.9 Å². The second kappa shape index (κ2) is 9.70. The highest BCUT2D eigenvalue weighted by Crippen LogP contribution is 2.28. The summed E-state index contributed by atoms with van der Waals surface area (Å²) in [7, 11) is 0. The Bertz CT molecular complexity index is 1060. The van der Waals surface area contributed by atoms with E-state index in [1.807, 2.05) is 6.92 Å². The van der Waals surface area contributed by atoms with Crippen LogP contribution in [0.15, 0.2) is 63.1 Å². The van der Waals surface area contributed by atoms with Gasteiger partial charge in [-0.3, -0.25) is 10.1 Å². The Labute approximate surface area is 175 Å². The van der Waals surface area contributed by atoms with Crippen molar-refractivity contribution in [3.63, 3.8) is 0 Å². The third-order valence-electron chi connectivity index (χ3n) is 3.89. The van der Waals surface area contributed by atoms with E-state index in [2.05, 4.69) is 10.2 Å². The van der Waals surface area contributed by atoms with Crippen molar-refractivity contribution in [2.75, 3.05) is 0 Å². The molecule has 0 aliphatic heterocycles. The third-order valence-corrected chi connectivity index (χ3v) is 4.74. The second-order valence-electron chi connectivity index (χ2n) is 6.01. The molecule has 3 rings (SSSR count). The molecule has 0 atom stereocenters. The van der Waals surface area contributed by atoms with Crippen LogP contribution in [0.25, 0.3) is 6.08 Å². The monoisotopic (exact) mass is 427 g/mol. The number of non-ortho nitro benzene ring substituents is 1. The molecule has 10 heteroatoms. The fraction of sp³-hybridized carbons (Fsp3) is 0.150. The molecule has 0 aliphatic carbocycles. The summed E-state index contributed by atoms with van der Waals surface area (Å²) < 4.78 is 11.0. The Kier molecular flexibility index (Phi) is 6.81. The van der Waals surface area contributed by atoms with E-state index >= 15 is 0 Å². The molecule has 0 fully saturated rings. The molecule has 0 bridgehead atoms. The number of hydrogen-bond acceptors (Lipinski definition) is 8. The lowest BCUT2D eigenvalue weighted by molar-refractivity contribution is -0.384. The zero-order valence-electron chi connectivity index (χ0n) is 15.8. The van der Waals surface area contributed by atoms with E-state index in [4.69, 9.17) is 9.15 Å². The van der Waals surface area contributed by atoms with Crippen LogP contribution >= 0.6 is 11.8 Å². The number of nitro groups is 1. The second-order valence-corrected chi connectivity index (χ2v) is 7.01. The number of nitro benzene ring substituents is 1. The van der Waals surface area contributed by atoms with Crippen molar-refractivity contribution in [3.8, 4) is 5.75 Å². The molecule has 0 amide bonds. The average molecular weight is 427 g/mol. The first kappa shape index (κ1) is 21.1. The number of aromatic nitrogens is 2. The van der Waals surface area contributed by atoms with E-state index < -0.39 is 10.9 Å². The van der Waals surface area contributed by atoms with Gasteiger partial charge < -0.3 is 14.3 Å².